The molecule has 3 N–H and O–H groups in total. The van der Waals surface area contributed by atoms with Crippen LogP contribution < -0.4 is 5.73 Å². The summed E-state index contributed by atoms with van der Waals surface area (Å²) in [6.07, 6.45) is 3.73. The Labute approximate surface area is 66.2 Å². The lowest BCUT2D eigenvalue weighted by Gasteiger charge is -2.13. The van der Waals surface area contributed by atoms with Crippen molar-refractivity contribution in [1.29, 1.82) is 0 Å². The minimum absolute atomic E-state index is 0.218. The van der Waals surface area contributed by atoms with Crippen molar-refractivity contribution in [2.75, 3.05) is 0 Å². The first kappa shape index (κ1) is 9.91. The van der Waals surface area contributed by atoms with Gasteiger partial charge in [0, 0.05) is 5.92 Å². The number of rotatable bonds is 5. The molecular weight excluding hydrogens is 142 g/mol. The highest BCUT2D eigenvalue weighted by molar-refractivity contribution is 5.73. The van der Waals surface area contributed by atoms with Crippen molar-refractivity contribution in [2.24, 2.45) is 11.7 Å². The van der Waals surface area contributed by atoms with E-state index >= 15 is 0 Å². The molecule has 0 aromatic carbocycles. The van der Waals surface area contributed by atoms with Gasteiger partial charge in [-0.3, -0.25) is 4.79 Å². The first-order chi connectivity index (χ1) is 5.13. The highest BCUT2D eigenvalue weighted by atomic mass is 16.4. The molecule has 0 aliphatic carbocycles. The van der Waals surface area contributed by atoms with E-state index in [0.29, 0.717) is 6.42 Å². The van der Waals surface area contributed by atoms with E-state index in [1.807, 2.05) is 0 Å². The number of hydrogen-bond donors (Lipinski definition) is 2. The van der Waals surface area contributed by atoms with Gasteiger partial charge in [0.05, 0.1) is 0 Å². The van der Waals surface area contributed by atoms with Crippen LogP contribution in [0.4, 0.5) is 0 Å². The molecule has 3 heteroatoms. The van der Waals surface area contributed by atoms with Gasteiger partial charge in [-0.05, 0) is 6.42 Å². The van der Waals surface area contributed by atoms with Gasteiger partial charge in [-0.2, -0.15) is 0 Å². The zero-order chi connectivity index (χ0) is 8.85. The quantitative estimate of drug-likeness (QED) is 0.576. The molecule has 11 heavy (non-hydrogen) atoms. The largest absolute Gasteiger partial charge is 0.480 e. The molecule has 0 heterocycles. The maximum absolute atomic E-state index is 10.4. The van der Waals surface area contributed by atoms with E-state index in [9.17, 15) is 4.79 Å². The summed E-state index contributed by atoms with van der Waals surface area (Å²) in [5, 5.41) is 8.50. The number of nitrogens with two attached hydrogens (primary N) is 1. The minimum Gasteiger partial charge on any atom is -0.480 e. The zero-order valence-electron chi connectivity index (χ0n) is 6.36. The Bertz CT molecular complexity index is 165. The van der Waals surface area contributed by atoms with Gasteiger partial charge in [-0.1, -0.05) is 12.2 Å². The zero-order valence-corrected chi connectivity index (χ0v) is 6.36. The number of hydrogen-bond acceptors (Lipinski definition) is 2. The Morgan fingerprint density at radius 2 is 2.18 bits per heavy atom. The number of carboxylic acid groups (broad SMARTS) is 1. The van der Waals surface area contributed by atoms with Gasteiger partial charge in [0.1, 0.15) is 6.04 Å². The predicted molar refractivity (Wildman–Crippen MR) is 44.1 cm³/mol. The summed E-state index contributed by atoms with van der Waals surface area (Å²) in [7, 11) is 0. The van der Waals surface area contributed by atoms with Crippen LogP contribution in [-0.4, -0.2) is 17.1 Å². The average molecular weight is 155 g/mol. The Hall–Kier alpha value is -1.09. The Kier molecular flexibility index (Phi) is 4.22. The second kappa shape index (κ2) is 4.68. The van der Waals surface area contributed by atoms with Gasteiger partial charge in [0.2, 0.25) is 0 Å². The number of carbonyl (C=O) groups is 1. The Morgan fingerprint density at radius 1 is 1.64 bits per heavy atom. The third-order valence-electron chi connectivity index (χ3n) is 1.49. The smallest absolute Gasteiger partial charge is 0.321 e. The molecule has 3 nitrogen and oxygen atoms in total. The van der Waals surface area contributed by atoms with Gasteiger partial charge in [-0.15, -0.1) is 13.2 Å². The average Bonchev–Trinajstić information content (AvgIpc) is 1.98. The van der Waals surface area contributed by atoms with Crippen LogP contribution in [0.15, 0.2) is 25.3 Å². The van der Waals surface area contributed by atoms with E-state index in [1.54, 1.807) is 12.2 Å². The van der Waals surface area contributed by atoms with E-state index in [2.05, 4.69) is 13.2 Å². The highest BCUT2D eigenvalue weighted by Crippen LogP contribution is 2.08. The Balaban J connectivity index is 4.11. The molecule has 0 spiro atoms. The van der Waals surface area contributed by atoms with Crippen molar-refractivity contribution in [3.05, 3.63) is 25.3 Å². The van der Waals surface area contributed by atoms with Crippen molar-refractivity contribution < 1.29 is 9.90 Å². The first-order valence-corrected chi connectivity index (χ1v) is 3.35. The van der Waals surface area contributed by atoms with Gasteiger partial charge in [0.15, 0.2) is 0 Å². The van der Waals surface area contributed by atoms with Crippen molar-refractivity contribution in [2.45, 2.75) is 12.5 Å². The van der Waals surface area contributed by atoms with E-state index < -0.39 is 12.0 Å². The number of allylic oxidation sites excluding steroid dienone is 1. The molecule has 0 bridgehead atoms. The molecule has 0 saturated carbocycles. The maximum atomic E-state index is 10.4. The predicted octanol–water partition coefficient (Wildman–Crippen LogP) is 0.777. The SMILES string of the molecule is C=CCC(C=C)C(N)C(=O)O. The standard InChI is InChI=1S/C8H13NO2/c1-3-5-6(4-2)7(9)8(10)11/h3-4,6-7H,1-2,5,9H2,(H,10,11). The van der Waals surface area contributed by atoms with Crippen LogP contribution in [-0.2, 0) is 4.79 Å². The third-order valence-corrected chi connectivity index (χ3v) is 1.49. The molecule has 62 valence electrons. The molecule has 0 fully saturated rings. The summed E-state index contributed by atoms with van der Waals surface area (Å²) >= 11 is 0. The van der Waals surface area contributed by atoms with Gasteiger partial charge in [-0.25, -0.2) is 0 Å². The van der Waals surface area contributed by atoms with Crippen molar-refractivity contribution >= 4 is 5.97 Å². The molecule has 0 aromatic heterocycles. The molecular formula is C8H13NO2. The second-order valence-corrected chi connectivity index (χ2v) is 2.29. The molecule has 0 radical (unpaired) electrons. The van der Waals surface area contributed by atoms with Crippen LogP contribution in [0.5, 0.6) is 0 Å². The lowest BCUT2D eigenvalue weighted by Crippen LogP contribution is -2.36. The molecule has 0 rings (SSSR count). The summed E-state index contributed by atoms with van der Waals surface area (Å²) < 4.78 is 0. The molecule has 2 atom stereocenters. The van der Waals surface area contributed by atoms with Crippen LogP contribution in [0.1, 0.15) is 6.42 Å². The first-order valence-electron chi connectivity index (χ1n) is 3.35. The maximum Gasteiger partial charge on any atom is 0.321 e. The Morgan fingerprint density at radius 3 is 2.45 bits per heavy atom. The normalized spacial score (nSPS) is 15.0. The van der Waals surface area contributed by atoms with E-state index in [-0.39, 0.29) is 5.92 Å². The van der Waals surface area contributed by atoms with Crippen LogP contribution in [0, 0.1) is 5.92 Å². The van der Waals surface area contributed by atoms with Gasteiger partial charge in [0.25, 0.3) is 0 Å². The van der Waals surface area contributed by atoms with E-state index in [4.69, 9.17) is 10.8 Å². The lowest BCUT2D eigenvalue weighted by molar-refractivity contribution is -0.139. The molecule has 2 unspecified atom stereocenters. The van der Waals surface area contributed by atoms with Gasteiger partial charge >= 0.3 is 5.97 Å². The highest BCUT2D eigenvalue weighted by Gasteiger charge is 2.19. The number of aliphatic carboxylic acids is 1. The van der Waals surface area contributed by atoms with E-state index in [1.165, 1.54) is 0 Å². The van der Waals surface area contributed by atoms with Crippen molar-refractivity contribution in [3.8, 4) is 0 Å². The van der Waals surface area contributed by atoms with Crippen LogP contribution in [0.2, 0.25) is 0 Å². The molecule has 0 saturated heterocycles. The topological polar surface area (TPSA) is 63.3 Å². The van der Waals surface area contributed by atoms with Crippen molar-refractivity contribution in [1.82, 2.24) is 0 Å². The fraction of sp³-hybridized carbons (Fsp3) is 0.375. The molecule has 0 amide bonds. The summed E-state index contributed by atoms with van der Waals surface area (Å²) in [6, 6.07) is -0.870. The molecule has 0 aliphatic heterocycles. The lowest BCUT2D eigenvalue weighted by atomic mass is 9.97. The molecule has 0 aliphatic rings. The fourth-order valence-electron chi connectivity index (χ4n) is 0.765. The van der Waals surface area contributed by atoms with Crippen LogP contribution in [0.25, 0.3) is 0 Å². The summed E-state index contributed by atoms with van der Waals surface area (Å²) in [5.74, 6) is -1.22. The third kappa shape index (κ3) is 3.00. The second-order valence-electron chi connectivity index (χ2n) is 2.29. The monoisotopic (exact) mass is 155 g/mol. The summed E-state index contributed by atoms with van der Waals surface area (Å²) in [4.78, 5) is 10.4. The van der Waals surface area contributed by atoms with Crippen LogP contribution >= 0.6 is 0 Å². The number of carboxylic acids is 1. The van der Waals surface area contributed by atoms with Gasteiger partial charge < -0.3 is 10.8 Å². The fourth-order valence-corrected chi connectivity index (χ4v) is 0.765. The summed E-state index contributed by atoms with van der Waals surface area (Å²) in [6.45, 7) is 6.99. The van der Waals surface area contributed by atoms with Crippen molar-refractivity contribution in [3.63, 3.8) is 0 Å². The summed E-state index contributed by atoms with van der Waals surface area (Å²) in [5.41, 5.74) is 5.34. The van der Waals surface area contributed by atoms with Crippen LogP contribution in [0.3, 0.4) is 0 Å². The van der Waals surface area contributed by atoms with E-state index in [0.717, 1.165) is 0 Å². The molecule has 0 aromatic rings. The minimum atomic E-state index is -1.00.